The first-order valence-electron chi connectivity index (χ1n) is 5.56. The maximum absolute atomic E-state index is 11.5. The molecule has 1 aromatic rings. The molecule has 1 aliphatic rings. The molecule has 1 fully saturated rings. The lowest BCUT2D eigenvalue weighted by Gasteiger charge is -2.21. The van der Waals surface area contributed by atoms with Gasteiger partial charge in [0.1, 0.15) is 4.88 Å². The van der Waals surface area contributed by atoms with Crippen molar-refractivity contribution in [2.24, 2.45) is 0 Å². The summed E-state index contributed by atoms with van der Waals surface area (Å²) in [5.41, 5.74) is 0.620. The normalized spacial score (nSPS) is 19.3. The fraction of sp³-hybridized carbons (Fsp3) is 0.364. The maximum atomic E-state index is 11.5. The number of halogens is 1. The Morgan fingerprint density at radius 2 is 2.32 bits per heavy atom. The zero-order valence-electron chi connectivity index (χ0n) is 9.73. The Bertz CT molecular complexity index is 543. The molecule has 1 aliphatic heterocycles. The first kappa shape index (κ1) is 14.2. The average molecular weight is 347 g/mol. The highest BCUT2D eigenvalue weighted by Gasteiger charge is 2.26. The summed E-state index contributed by atoms with van der Waals surface area (Å²) >= 11 is 4.37. The Kier molecular flexibility index (Phi) is 4.33. The molecule has 8 heteroatoms. The number of imide groups is 1. The quantitative estimate of drug-likeness (QED) is 0.709. The van der Waals surface area contributed by atoms with E-state index in [1.54, 1.807) is 6.07 Å². The van der Waals surface area contributed by atoms with Gasteiger partial charge in [-0.1, -0.05) is 0 Å². The third-order valence-corrected chi connectivity index (χ3v) is 4.42. The van der Waals surface area contributed by atoms with E-state index in [2.05, 4.69) is 26.6 Å². The molecule has 0 aliphatic carbocycles. The van der Waals surface area contributed by atoms with Crippen molar-refractivity contribution in [1.29, 1.82) is 0 Å². The van der Waals surface area contributed by atoms with E-state index in [0.717, 1.165) is 15.1 Å². The van der Waals surface area contributed by atoms with Crippen LogP contribution in [0.1, 0.15) is 28.1 Å². The number of aromatic carboxylic acids is 1. The number of hydrogen-bond acceptors (Lipinski definition) is 5. The molecule has 3 N–H and O–H groups in total. The lowest BCUT2D eigenvalue weighted by Crippen LogP contribution is -2.50. The minimum atomic E-state index is -0.990. The van der Waals surface area contributed by atoms with Gasteiger partial charge in [-0.25, -0.2) is 4.79 Å². The largest absolute Gasteiger partial charge is 0.477 e. The molecule has 2 heterocycles. The predicted molar refractivity (Wildman–Crippen MR) is 72.0 cm³/mol. The fourth-order valence-corrected chi connectivity index (χ4v) is 3.34. The van der Waals surface area contributed by atoms with Crippen molar-refractivity contribution < 1.29 is 19.5 Å². The van der Waals surface area contributed by atoms with Gasteiger partial charge in [0.25, 0.3) is 0 Å². The first-order chi connectivity index (χ1) is 8.97. The van der Waals surface area contributed by atoms with E-state index in [1.165, 1.54) is 0 Å². The number of carbonyl (C=O) groups is 3. The monoisotopic (exact) mass is 346 g/mol. The summed E-state index contributed by atoms with van der Waals surface area (Å²) < 4.78 is 0.727. The number of piperidine rings is 1. The lowest BCUT2D eigenvalue weighted by molar-refractivity contribution is -0.134. The number of carboxylic acids is 1. The molecule has 2 rings (SSSR count). The molecule has 2 amide bonds. The lowest BCUT2D eigenvalue weighted by atomic mass is 10.1. The molecule has 1 saturated heterocycles. The Morgan fingerprint density at radius 1 is 1.58 bits per heavy atom. The van der Waals surface area contributed by atoms with Gasteiger partial charge in [0.05, 0.1) is 9.83 Å². The van der Waals surface area contributed by atoms with Crippen LogP contribution < -0.4 is 10.6 Å². The van der Waals surface area contributed by atoms with Gasteiger partial charge in [-0.05, 0) is 34.0 Å². The summed E-state index contributed by atoms with van der Waals surface area (Å²) in [4.78, 5) is 33.8. The molecular formula is C11H11BrN2O4S. The Balaban J connectivity index is 2.01. The third kappa shape index (κ3) is 3.40. The van der Waals surface area contributed by atoms with Crippen molar-refractivity contribution in [3.63, 3.8) is 0 Å². The van der Waals surface area contributed by atoms with Gasteiger partial charge in [-0.15, -0.1) is 11.3 Å². The van der Waals surface area contributed by atoms with Gasteiger partial charge in [0.2, 0.25) is 11.8 Å². The Labute approximate surface area is 121 Å². The van der Waals surface area contributed by atoms with Gasteiger partial charge in [0.15, 0.2) is 0 Å². The standard InChI is InChI=1S/C11H11BrN2O4S/c12-7-3-5(9(19-7)11(17)18)4-13-6-1-2-8(15)14-10(6)16/h3,6,13H,1-2,4H2,(H,17,18)(H,14,15,16). The molecule has 19 heavy (non-hydrogen) atoms. The van der Waals surface area contributed by atoms with Crippen molar-refractivity contribution in [1.82, 2.24) is 10.6 Å². The predicted octanol–water partition coefficient (Wildman–Crippen LogP) is 1.10. The highest BCUT2D eigenvalue weighted by atomic mass is 79.9. The molecule has 0 radical (unpaired) electrons. The van der Waals surface area contributed by atoms with Crippen molar-refractivity contribution in [2.75, 3.05) is 0 Å². The number of carboxylic acid groups (broad SMARTS) is 1. The van der Waals surface area contributed by atoms with E-state index in [4.69, 9.17) is 5.11 Å². The zero-order valence-corrected chi connectivity index (χ0v) is 12.1. The van der Waals surface area contributed by atoms with Crippen LogP contribution in [0.25, 0.3) is 0 Å². The Hall–Kier alpha value is -1.25. The van der Waals surface area contributed by atoms with Gasteiger partial charge < -0.3 is 10.4 Å². The van der Waals surface area contributed by atoms with Crippen LogP contribution in [0.3, 0.4) is 0 Å². The van der Waals surface area contributed by atoms with E-state index in [1.807, 2.05) is 0 Å². The van der Waals surface area contributed by atoms with Crippen LogP contribution in [0.4, 0.5) is 0 Å². The van der Waals surface area contributed by atoms with Crippen LogP contribution in [-0.2, 0) is 16.1 Å². The summed E-state index contributed by atoms with van der Waals surface area (Å²) in [5, 5.41) is 14.3. The number of rotatable bonds is 4. The van der Waals surface area contributed by atoms with E-state index < -0.39 is 12.0 Å². The van der Waals surface area contributed by atoms with Crippen LogP contribution in [-0.4, -0.2) is 28.9 Å². The molecule has 0 spiro atoms. The average Bonchev–Trinajstić information content (AvgIpc) is 2.69. The molecule has 1 aromatic heterocycles. The van der Waals surface area contributed by atoms with Crippen molar-refractivity contribution in [3.05, 3.63) is 20.3 Å². The molecule has 0 bridgehead atoms. The molecule has 102 valence electrons. The second-order valence-electron chi connectivity index (χ2n) is 4.09. The SMILES string of the molecule is O=C1CCC(NCc2cc(Br)sc2C(=O)O)C(=O)N1. The third-order valence-electron chi connectivity index (χ3n) is 2.75. The number of carbonyl (C=O) groups excluding carboxylic acids is 2. The molecule has 1 atom stereocenters. The van der Waals surface area contributed by atoms with Gasteiger partial charge in [0, 0.05) is 13.0 Å². The molecular weight excluding hydrogens is 336 g/mol. The summed E-state index contributed by atoms with van der Waals surface area (Å²) in [6.45, 7) is 0.274. The number of nitrogens with one attached hydrogen (secondary N) is 2. The van der Waals surface area contributed by atoms with E-state index in [0.29, 0.717) is 18.4 Å². The summed E-state index contributed by atoms with van der Waals surface area (Å²) in [7, 11) is 0. The van der Waals surface area contributed by atoms with Gasteiger partial charge >= 0.3 is 5.97 Å². The van der Waals surface area contributed by atoms with Crippen molar-refractivity contribution >= 4 is 45.1 Å². The van der Waals surface area contributed by atoms with Crippen LogP contribution in [0.15, 0.2) is 9.85 Å². The molecule has 1 unspecified atom stereocenters. The second kappa shape index (κ2) is 5.81. The smallest absolute Gasteiger partial charge is 0.346 e. The minimum absolute atomic E-state index is 0.242. The van der Waals surface area contributed by atoms with Crippen LogP contribution >= 0.6 is 27.3 Å². The van der Waals surface area contributed by atoms with Crippen LogP contribution in [0.2, 0.25) is 0 Å². The Morgan fingerprint density at radius 3 is 2.95 bits per heavy atom. The van der Waals surface area contributed by atoms with Crippen LogP contribution in [0, 0.1) is 0 Å². The number of amides is 2. The molecule has 6 nitrogen and oxygen atoms in total. The number of thiophene rings is 1. The second-order valence-corrected chi connectivity index (χ2v) is 6.53. The topological polar surface area (TPSA) is 95.5 Å². The van der Waals surface area contributed by atoms with Gasteiger partial charge in [-0.2, -0.15) is 0 Å². The number of hydrogen-bond donors (Lipinski definition) is 3. The molecule has 0 saturated carbocycles. The zero-order chi connectivity index (χ0) is 14.0. The maximum Gasteiger partial charge on any atom is 0.346 e. The highest BCUT2D eigenvalue weighted by molar-refractivity contribution is 9.11. The highest BCUT2D eigenvalue weighted by Crippen LogP contribution is 2.27. The van der Waals surface area contributed by atoms with E-state index in [9.17, 15) is 14.4 Å². The minimum Gasteiger partial charge on any atom is -0.477 e. The summed E-state index contributed by atoms with van der Waals surface area (Å²) in [6.07, 6.45) is 0.723. The van der Waals surface area contributed by atoms with Gasteiger partial charge in [-0.3, -0.25) is 14.9 Å². The van der Waals surface area contributed by atoms with Crippen molar-refractivity contribution in [3.8, 4) is 0 Å². The van der Waals surface area contributed by atoms with E-state index in [-0.39, 0.29) is 23.2 Å². The van der Waals surface area contributed by atoms with Crippen molar-refractivity contribution in [2.45, 2.75) is 25.4 Å². The van der Waals surface area contributed by atoms with E-state index >= 15 is 0 Å². The fourth-order valence-electron chi connectivity index (χ4n) is 1.83. The summed E-state index contributed by atoms with van der Waals surface area (Å²) in [5.74, 6) is -1.62. The first-order valence-corrected chi connectivity index (χ1v) is 7.17. The molecule has 0 aromatic carbocycles. The van der Waals surface area contributed by atoms with Crippen LogP contribution in [0.5, 0.6) is 0 Å². The summed E-state index contributed by atoms with van der Waals surface area (Å²) in [6, 6.07) is 1.26.